The number of ether oxygens (including phenoxy) is 1. The zero-order valence-electron chi connectivity index (χ0n) is 17.5. The molecule has 4 nitrogen and oxygen atoms in total. The number of dihydropyridines is 1. The molecule has 1 saturated carbocycles. The van der Waals surface area contributed by atoms with Crippen LogP contribution in [-0.2, 0) is 20.5 Å². The third-order valence-corrected chi connectivity index (χ3v) is 6.39. The minimum Gasteiger partial charge on any atom is -0.459 e. The lowest BCUT2D eigenvalue weighted by atomic mass is 9.75. The van der Waals surface area contributed by atoms with Gasteiger partial charge in [0.2, 0.25) is 0 Å². The molecule has 1 heterocycles. The minimum absolute atomic E-state index is 0.0749. The van der Waals surface area contributed by atoms with E-state index in [1.54, 1.807) is 6.92 Å². The van der Waals surface area contributed by atoms with Crippen LogP contribution >= 0.6 is 0 Å². The number of hydrogen-bond acceptors (Lipinski definition) is 4. The molecule has 31 heavy (non-hydrogen) atoms. The SMILES string of the molecule is CC1=C(C(=O)OC2CCCCC2)[C@@H](c2ccc(C(F)(F)F)cc2)C2=C(CCCC2=O)N1. The molecule has 7 heteroatoms. The largest absolute Gasteiger partial charge is 0.459 e. The van der Waals surface area contributed by atoms with E-state index in [0.29, 0.717) is 41.7 Å². The second kappa shape index (κ2) is 8.52. The van der Waals surface area contributed by atoms with Crippen LogP contribution in [0.5, 0.6) is 0 Å². The molecule has 1 aliphatic heterocycles. The molecule has 0 spiro atoms. The van der Waals surface area contributed by atoms with Crippen LogP contribution in [-0.4, -0.2) is 17.9 Å². The van der Waals surface area contributed by atoms with Crippen LogP contribution in [0.4, 0.5) is 13.2 Å². The first kappa shape index (κ1) is 21.7. The second-order valence-electron chi connectivity index (χ2n) is 8.55. The highest BCUT2D eigenvalue weighted by molar-refractivity contribution is 6.03. The van der Waals surface area contributed by atoms with E-state index >= 15 is 0 Å². The normalized spacial score (nSPS) is 22.8. The van der Waals surface area contributed by atoms with Gasteiger partial charge in [0.05, 0.1) is 11.1 Å². The monoisotopic (exact) mass is 433 g/mol. The van der Waals surface area contributed by atoms with Crippen molar-refractivity contribution >= 4 is 11.8 Å². The molecule has 1 aromatic carbocycles. The van der Waals surface area contributed by atoms with Crippen LogP contribution in [0.25, 0.3) is 0 Å². The zero-order chi connectivity index (χ0) is 22.2. The van der Waals surface area contributed by atoms with Gasteiger partial charge >= 0.3 is 12.1 Å². The second-order valence-corrected chi connectivity index (χ2v) is 8.55. The Morgan fingerprint density at radius 3 is 2.35 bits per heavy atom. The van der Waals surface area contributed by atoms with Crippen LogP contribution in [0.15, 0.2) is 46.8 Å². The van der Waals surface area contributed by atoms with Crippen molar-refractivity contribution in [1.29, 1.82) is 0 Å². The van der Waals surface area contributed by atoms with Crippen molar-refractivity contribution in [3.05, 3.63) is 57.9 Å². The average molecular weight is 433 g/mol. The molecular formula is C24H26F3NO3. The number of benzene rings is 1. The summed E-state index contributed by atoms with van der Waals surface area (Å²) in [6, 6.07) is 4.74. The van der Waals surface area contributed by atoms with Crippen LogP contribution in [0.3, 0.4) is 0 Å². The first-order valence-corrected chi connectivity index (χ1v) is 10.9. The van der Waals surface area contributed by atoms with E-state index < -0.39 is 23.6 Å². The highest BCUT2D eigenvalue weighted by Gasteiger charge is 2.40. The Bertz CT molecular complexity index is 938. The number of carbonyl (C=O) groups excluding carboxylic acids is 2. The standard InChI is InChI=1S/C24H26F3NO3/c1-14-20(23(30)31-17-6-3-2-4-7-17)21(22-18(28-14)8-5-9-19(22)29)15-10-12-16(13-11-15)24(25,26)27/h10-13,17,21,28H,2-9H2,1H3/t21-/m1/s1. The van der Waals surface area contributed by atoms with Gasteiger partial charge in [-0.3, -0.25) is 4.79 Å². The van der Waals surface area contributed by atoms with E-state index in [0.717, 1.165) is 49.9 Å². The van der Waals surface area contributed by atoms with E-state index in [1.807, 2.05) is 0 Å². The molecular weight excluding hydrogens is 407 g/mol. The highest BCUT2D eigenvalue weighted by Crippen LogP contribution is 2.43. The number of alkyl halides is 3. The van der Waals surface area contributed by atoms with Crippen molar-refractivity contribution in [3.63, 3.8) is 0 Å². The Hall–Kier alpha value is -2.57. The predicted octanol–water partition coefficient (Wildman–Crippen LogP) is 5.55. The van der Waals surface area contributed by atoms with Gasteiger partial charge in [-0.25, -0.2) is 4.79 Å². The van der Waals surface area contributed by atoms with Gasteiger partial charge in [-0.15, -0.1) is 0 Å². The number of allylic oxidation sites excluding steroid dienone is 3. The van der Waals surface area contributed by atoms with Crippen LogP contribution in [0, 0.1) is 0 Å². The Labute approximate surface area is 179 Å². The van der Waals surface area contributed by atoms with Gasteiger partial charge in [-0.1, -0.05) is 18.6 Å². The summed E-state index contributed by atoms with van der Waals surface area (Å²) in [4.78, 5) is 26.1. The average Bonchev–Trinajstić information content (AvgIpc) is 2.73. The lowest BCUT2D eigenvalue weighted by Crippen LogP contribution is -2.35. The maximum Gasteiger partial charge on any atom is 0.416 e. The number of rotatable bonds is 3. The van der Waals surface area contributed by atoms with Gasteiger partial charge in [-0.2, -0.15) is 13.2 Å². The number of hydrogen-bond donors (Lipinski definition) is 1. The lowest BCUT2D eigenvalue weighted by Gasteiger charge is -2.35. The summed E-state index contributed by atoms with van der Waals surface area (Å²) in [5.74, 6) is -1.29. The van der Waals surface area contributed by atoms with Gasteiger partial charge < -0.3 is 10.1 Å². The van der Waals surface area contributed by atoms with E-state index in [4.69, 9.17) is 4.74 Å². The molecule has 3 aliphatic rings. The van der Waals surface area contributed by atoms with Crippen LogP contribution in [0.1, 0.15) is 75.3 Å². The highest BCUT2D eigenvalue weighted by atomic mass is 19.4. The fraction of sp³-hybridized carbons (Fsp3) is 0.500. The summed E-state index contributed by atoms with van der Waals surface area (Å²) < 4.78 is 45.0. The minimum atomic E-state index is -4.45. The Morgan fingerprint density at radius 1 is 1.03 bits per heavy atom. The van der Waals surface area contributed by atoms with Crippen molar-refractivity contribution < 1.29 is 27.5 Å². The number of halogens is 3. The lowest BCUT2D eigenvalue weighted by molar-refractivity contribution is -0.146. The van der Waals surface area contributed by atoms with Gasteiger partial charge in [0.1, 0.15) is 6.10 Å². The van der Waals surface area contributed by atoms with Crippen molar-refractivity contribution in [2.45, 2.75) is 76.5 Å². The number of esters is 1. The summed E-state index contributed by atoms with van der Waals surface area (Å²) >= 11 is 0. The third kappa shape index (κ3) is 4.41. The molecule has 0 bridgehead atoms. The van der Waals surface area contributed by atoms with E-state index in [2.05, 4.69) is 5.32 Å². The smallest absolute Gasteiger partial charge is 0.416 e. The van der Waals surface area contributed by atoms with Crippen molar-refractivity contribution in [1.82, 2.24) is 5.32 Å². The maximum atomic E-state index is 13.2. The number of carbonyl (C=O) groups is 2. The molecule has 0 unspecified atom stereocenters. The van der Waals surface area contributed by atoms with Gasteiger partial charge in [0.25, 0.3) is 0 Å². The van der Waals surface area contributed by atoms with E-state index in [9.17, 15) is 22.8 Å². The molecule has 1 atom stereocenters. The first-order valence-electron chi connectivity index (χ1n) is 10.9. The summed E-state index contributed by atoms with van der Waals surface area (Å²) in [5.41, 5.74) is 1.88. The molecule has 4 rings (SSSR count). The molecule has 0 radical (unpaired) electrons. The number of Topliss-reactive ketones (excluding diaryl/α,β-unsaturated/α-hetero) is 1. The van der Waals surface area contributed by atoms with Gasteiger partial charge in [0, 0.05) is 29.3 Å². The summed E-state index contributed by atoms with van der Waals surface area (Å²) in [7, 11) is 0. The quantitative estimate of drug-likeness (QED) is 0.635. The molecule has 2 aliphatic carbocycles. The van der Waals surface area contributed by atoms with Crippen LogP contribution in [0.2, 0.25) is 0 Å². The number of nitrogens with one attached hydrogen (secondary N) is 1. The summed E-state index contributed by atoms with van der Waals surface area (Å²) in [6.45, 7) is 1.76. The Morgan fingerprint density at radius 2 is 1.71 bits per heavy atom. The summed E-state index contributed by atoms with van der Waals surface area (Å²) in [6.07, 6.45) is 1.87. The molecule has 1 aromatic rings. The fourth-order valence-electron chi connectivity index (χ4n) is 4.85. The maximum absolute atomic E-state index is 13.2. The molecule has 0 saturated heterocycles. The molecule has 0 amide bonds. The summed E-state index contributed by atoms with van der Waals surface area (Å²) in [5, 5.41) is 3.21. The topological polar surface area (TPSA) is 55.4 Å². The third-order valence-electron chi connectivity index (χ3n) is 6.39. The van der Waals surface area contributed by atoms with Gasteiger partial charge in [-0.05, 0) is 63.1 Å². The van der Waals surface area contributed by atoms with Crippen molar-refractivity contribution in [3.8, 4) is 0 Å². The Balaban J connectivity index is 1.73. The molecule has 166 valence electrons. The zero-order valence-corrected chi connectivity index (χ0v) is 17.5. The molecule has 0 aromatic heterocycles. The van der Waals surface area contributed by atoms with Gasteiger partial charge in [0.15, 0.2) is 5.78 Å². The fourth-order valence-corrected chi connectivity index (χ4v) is 4.85. The Kier molecular flexibility index (Phi) is 5.95. The number of ketones is 1. The van der Waals surface area contributed by atoms with E-state index in [-0.39, 0.29) is 11.9 Å². The molecule has 1 fully saturated rings. The van der Waals surface area contributed by atoms with Crippen molar-refractivity contribution in [2.24, 2.45) is 0 Å². The predicted molar refractivity (Wildman–Crippen MR) is 109 cm³/mol. The van der Waals surface area contributed by atoms with Crippen LogP contribution < -0.4 is 5.32 Å². The first-order chi connectivity index (χ1) is 14.8. The van der Waals surface area contributed by atoms with Crippen molar-refractivity contribution in [2.75, 3.05) is 0 Å². The van der Waals surface area contributed by atoms with E-state index in [1.165, 1.54) is 12.1 Å². The molecule has 1 N–H and O–H groups in total.